The number of nitrogens with zero attached hydrogens (tertiary/aromatic N) is 1. The molecule has 7 heteroatoms. The van der Waals surface area contributed by atoms with Crippen LogP contribution in [-0.2, 0) is 9.59 Å². The van der Waals surface area contributed by atoms with Gasteiger partial charge in [-0.2, -0.15) is 0 Å². The second-order valence-electron chi connectivity index (χ2n) is 6.61. The zero-order chi connectivity index (χ0) is 20.3. The smallest absolute Gasteiger partial charge is 0.268 e. The van der Waals surface area contributed by atoms with Crippen LogP contribution in [-0.4, -0.2) is 31.1 Å². The van der Waals surface area contributed by atoms with Gasteiger partial charge in [0, 0.05) is 17.3 Å². The first-order valence-electron chi connectivity index (χ1n) is 8.78. The van der Waals surface area contributed by atoms with Gasteiger partial charge in [-0.3, -0.25) is 9.59 Å². The molecule has 0 aliphatic carbocycles. The van der Waals surface area contributed by atoms with Crippen LogP contribution in [0.5, 0.6) is 11.5 Å². The lowest BCUT2D eigenvalue weighted by Crippen LogP contribution is -2.45. The van der Waals surface area contributed by atoms with E-state index in [9.17, 15) is 9.59 Å². The molecule has 1 atom stereocenters. The molecular formula is C21H21ClN2O4. The van der Waals surface area contributed by atoms with Crippen molar-refractivity contribution in [3.8, 4) is 11.5 Å². The fourth-order valence-electron chi connectivity index (χ4n) is 2.79. The van der Waals surface area contributed by atoms with Crippen LogP contribution in [0.3, 0.4) is 0 Å². The second-order valence-corrected chi connectivity index (χ2v) is 7.05. The Labute approximate surface area is 168 Å². The molecule has 0 spiro atoms. The summed E-state index contributed by atoms with van der Waals surface area (Å²) in [5, 5.41) is 3.36. The number of hydrogen-bond donors (Lipinski definition) is 1. The van der Waals surface area contributed by atoms with Crippen LogP contribution in [0.4, 0.5) is 11.4 Å². The van der Waals surface area contributed by atoms with Crippen molar-refractivity contribution >= 4 is 34.8 Å². The van der Waals surface area contributed by atoms with Gasteiger partial charge in [0.1, 0.15) is 11.5 Å². The van der Waals surface area contributed by atoms with Gasteiger partial charge in [-0.15, -0.1) is 0 Å². The quantitative estimate of drug-likeness (QED) is 0.743. The highest BCUT2D eigenvalue weighted by Gasteiger charge is 2.31. The van der Waals surface area contributed by atoms with E-state index < -0.39 is 6.10 Å². The SMILES string of the molecule is C=C(C)CN1C(=O)C(C)Oc2ccc(NC(=O)COc3ccc(Cl)cc3)cc21. The minimum Gasteiger partial charge on any atom is -0.484 e. The van der Waals surface area contributed by atoms with Gasteiger partial charge >= 0.3 is 0 Å². The maximum Gasteiger partial charge on any atom is 0.268 e. The summed E-state index contributed by atoms with van der Waals surface area (Å²) in [4.78, 5) is 26.3. The van der Waals surface area contributed by atoms with Crippen molar-refractivity contribution in [1.82, 2.24) is 0 Å². The summed E-state index contributed by atoms with van der Waals surface area (Å²) in [6, 6.07) is 11.9. The number of halogens is 1. The summed E-state index contributed by atoms with van der Waals surface area (Å²) >= 11 is 5.82. The van der Waals surface area contributed by atoms with E-state index in [-0.39, 0.29) is 18.4 Å². The lowest BCUT2D eigenvalue weighted by Gasteiger charge is -2.33. The van der Waals surface area contributed by atoms with E-state index in [1.165, 1.54) is 0 Å². The fraction of sp³-hybridized carbons (Fsp3) is 0.238. The normalized spacial score (nSPS) is 15.5. The highest BCUT2D eigenvalue weighted by atomic mass is 35.5. The Kier molecular flexibility index (Phi) is 5.90. The minimum absolute atomic E-state index is 0.148. The molecule has 146 valence electrons. The Balaban J connectivity index is 1.70. The number of ether oxygens (including phenoxy) is 2. The number of carbonyl (C=O) groups is 2. The van der Waals surface area contributed by atoms with Gasteiger partial charge in [-0.05, 0) is 56.3 Å². The molecule has 2 amide bonds. The molecule has 0 bridgehead atoms. The van der Waals surface area contributed by atoms with Crippen molar-refractivity contribution in [3.63, 3.8) is 0 Å². The number of amides is 2. The zero-order valence-electron chi connectivity index (χ0n) is 15.7. The second kappa shape index (κ2) is 8.35. The third-order valence-electron chi connectivity index (χ3n) is 4.06. The Morgan fingerprint density at radius 1 is 1.29 bits per heavy atom. The van der Waals surface area contributed by atoms with Crippen LogP contribution < -0.4 is 19.7 Å². The Hall–Kier alpha value is -2.99. The van der Waals surface area contributed by atoms with E-state index >= 15 is 0 Å². The van der Waals surface area contributed by atoms with Crippen LogP contribution in [0.2, 0.25) is 5.02 Å². The van der Waals surface area contributed by atoms with Crippen molar-refractivity contribution in [2.75, 3.05) is 23.4 Å². The lowest BCUT2D eigenvalue weighted by atomic mass is 10.1. The highest BCUT2D eigenvalue weighted by molar-refractivity contribution is 6.30. The Morgan fingerprint density at radius 3 is 2.68 bits per heavy atom. The van der Waals surface area contributed by atoms with Crippen molar-refractivity contribution in [2.24, 2.45) is 0 Å². The van der Waals surface area contributed by atoms with Gasteiger partial charge in [0.15, 0.2) is 12.7 Å². The average Bonchev–Trinajstić information content (AvgIpc) is 2.65. The van der Waals surface area contributed by atoms with Crippen molar-refractivity contribution < 1.29 is 19.1 Å². The van der Waals surface area contributed by atoms with E-state index in [1.807, 2.05) is 6.92 Å². The molecule has 0 aromatic heterocycles. The van der Waals surface area contributed by atoms with E-state index in [0.717, 1.165) is 5.57 Å². The number of fused-ring (bicyclic) bond motifs is 1. The van der Waals surface area contributed by atoms with Crippen LogP contribution in [0.15, 0.2) is 54.6 Å². The Bertz CT molecular complexity index is 911. The Morgan fingerprint density at radius 2 is 2.00 bits per heavy atom. The van der Waals surface area contributed by atoms with Crippen LogP contribution >= 0.6 is 11.6 Å². The van der Waals surface area contributed by atoms with E-state index in [0.29, 0.717) is 34.4 Å². The van der Waals surface area contributed by atoms with Crippen LogP contribution in [0.1, 0.15) is 13.8 Å². The summed E-state index contributed by atoms with van der Waals surface area (Å²) in [6.07, 6.45) is -0.569. The molecule has 3 rings (SSSR count). The third kappa shape index (κ3) is 4.64. The summed E-state index contributed by atoms with van der Waals surface area (Å²) < 4.78 is 11.1. The molecule has 6 nitrogen and oxygen atoms in total. The molecule has 2 aromatic carbocycles. The predicted molar refractivity (Wildman–Crippen MR) is 109 cm³/mol. The van der Waals surface area contributed by atoms with Gasteiger partial charge in [0.05, 0.1) is 5.69 Å². The molecule has 0 saturated heterocycles. The highest BCUT2D eigenvalue weighted by Crippen LogP contribution is 2.36. The van der Waals surface area contributed by atoms with Gasteiger partial charge in [-0.25, -0.2) is 0 Å². The maximum absolute atomic E-state index is 12.5. The van der Waals surface area contributed by atoms with Gasteiger partial charge in [0.2, 0.25) is 0 Å². The zero-order valence-corrected chi connectivity index (χ0v) is 16.5. The number of hydrogen-bond acceptors (Lipinski definition) is 4. The standard InChI is InChI=1S/C21H21ClN2O4/c1-13(2)11-24-18-10-16(6-9-19(18)28-14(3)21(24)26)23-20(25)12-27-17-7-4-15(22)5-8-17/h4-10,14H,1,11-12H2,2-3H3,(H,23,25). The number of benzene rings is 2. The molecule has 1 aliphatic rings. The fourth-order valence-corrected chi connectivity index (χ4v) is 2.92. The molecular weight excluding hydrogens is 380 g/mol. The summed E-state index contributed by atoms with van der Waals surface area (Å²) in [5.74, 6) is 0.664. The molecule has 1 unspecified atom stereocenters. The molecule has 0 saturated carbocycles. The molecule has 0 fully saturated rings. The van der Waals surface area contributed by atoms with E-state index in [2.05, 4.69) is 11.9 Å². The lowest BCUT2D eigenvalue weighted by molar-refractivity contribution is -0.125. The van der Waals surface area contributed by atoms with Gasteiger partial charge in [0.25, 0.3) is 11.8 Å². The van der Waals surface area contributed by atoms with Crippen molar-refractivity contribution in [2.45, 2.75) is 20.0 Å². The maximum atomic E-state index is 12.5. The molecule has 0 radical (unpaired) electrons. The monoisotopic (exact) mass is 400 g/mol. The first-order chi connectivity index (χ1) is 13.3. The number of carbonyl (C=O) groups excluding carboxylic acids is 2. The van der Waals surface area contributed by atoms with Crippen molar-refractivity contribution in [3.05, 3.63) is 59.6 Å². The summed E-state index contributed by atoms with van der Waals surface area (Å²) in [5.41, 5.74) is 1.99. The molecule has 1 heterocycles. The minimum atomic E-state index is -0.569. The first kappa shape index (κ1) is 19.8. The van der Waals surface area contributed by atoms with Crippen LogP contribution in [0.25, 0.3) is 0 Å². The average molecular weight is 401 g/mol. The number of anilines is 2. The predicted octanol–water partition coefficient (Wildman–Crippen LogP) is 4.05. The van der Waals surface area contributed by atoms with Gasteiger partial charge in [-0.1, -0.05) is 23.8 Å². The van der Waals surface area contributed by atoms with Crippen molar-refractivity contribution in [1.29, 1.82) is 0 Å². The van der Waals surface area contributed by atoms with E-state index in [1.54, 1.807) is 54.3 Å². The van der Waals surface area contributed by atoms with Crippen LogP contribution in [0, 0.1) is 0 Å². The first-order valence-corrected chi connectivity index (χ1v) is 9.16. The number of nitrogens with one attached hydrogen (secondary N) is 1. The molecule has 1 N–H and O–H groups in total. The molecule has 28 heavy (non-hydrogen) atoms. The largest absolute Gasteiger partial charge is 0.484 e. The topological polar surface area (TPSA) is 67.9 Å². The molecule has 2 aromatic rings. The number of rotatable bonds is 6. The third-order valence-corrected chi connectivity index (χ3v) is 4.31. The van der Waals surface area contributed by atoms with Gasteiger partial charge < -0.3 is 19.7 Å². The van der Waals surface area contributed by atoms with E-state index in [4.69, 9.17) is 21.1 Å². The summed E-state index contributed by atoms with van der Waals surface area (Å²) in [6.45, 7) is 7.68. The summed E-state index contributed by atoms with van der Waals surface area (Å²) in [7, 11) is 0. The molecule has 1 aliphatic heterocycles.